The van der Waals surface area contributed by atoms with Gasteiger partial charge in [-0.3, -0.25) is 4.79 Å². The van der Waals surface area contributed by atoms with Gasteiger partial charge in [0, 0.05) is 12.3 Å². The van der Waals surface area contributed by atoms with Crippen LogP contribution in [0.1, 0.15) is 17.9 Å². The second-order valence-electron chi connectivity index (χ2n) is 3.21. The van der Waals surface area contributed by atoms with E-state index in [1.165, 1.54) is 0 Å². The lowest BCUT2D eigenvalue weighted by atomic mass is 10.0. The fourth-order valence-corrected chi connectivity index (χ4v) is 1.25. The molecule has 0 fully saturated rings. The van der Waals surface area contributed by atoms with E-state index in [1.54, 1.807) is 19.1 Å². The number of carboxylic acids is 1. The van der Waals surface area contributed by atoms with Crippen LogP contribution >= 0.6 is 0 Å². The summed E-state index contributed by atoms with van der Waals surface area (Å²) in [5.41, 5.74) is 0. The lowest BCUT2D eigenvalue weighted by molar-refractivity contribution is -0.139. The first kappa shape index (κ1) is 10.5. The topological polar surface area (TPSA) is 67.5 Å². The van der Waals surface area contributed by atoms with Crippen LogP contribution in [0.2, 0.25) is 0 Å². The fraction of sp³-hybridized carbons (Fsp3) is 0.400. The molecule has 1 heterocycles. The van der Waals surface area contributed by atoms with Gasteiger partial charge >= 0.3 is 5.97 Å². The van der Waals surface area contributed by atoms with Gasteiger partial charge in [0.1, 0.15) is 17.8 Å². The van der Waals surface area contributed by atoms with Gasteiger partial charge in [0.05, 0.1) is 6.42 Å². The summed E-state index contributed by atoms with van der Waals surface area (Å²) in [7, 11) is 0. The Labute approximate surface area is 81.5 Å². The van der Waals surface area contributed by atoms with Crippen LogP contribution in [0.3, 0.4) is 0 Å². The number of hydrogen-bond acceptors (Lipinski definition) is 3. The molecule has 4 heteroatoms. The van der Waals surface area contributed by atoms with Gasteiger partial charge < -0.3 is 14.3 Å². The molecule has 1 N–H and O–H groups in total. The first-order valence-electron chi connectivity index (χ1n) is 4.34. The Hall–Kier alpha value is -1.58. The molecule has 0 bridgehead atoms. The van der Waals surface area contributed by atoms with Crippen molar-refractivity contribution in [2.75, 3.05) is 0 Å². The number of rotatable bonds is 5. The molecule has 0 amide bonds. The molecule has 0 aliphatic carbocycles. The number of aryl methyl sites for hydroxylation is 1. The molecular weight excluding hydrogens is 184 g/mol. The van der Waals surface area contributed by atoms with Crippen LogP contribution < -0.4 is 0 Å². The molecule has 0 aromatic carbocycles. The first-order valence-corrected chi connectivity index (χ1v) is 4.34. The molecule has 76 valence electrons. The molecule has 0 radical (unpaired) electrons. The molecule has 0 saturated heterocycles. The van der Waals surface area contributed by atoms with Crippen molar-refractivity contribution in [3.05, 3.63) is 23.7 Å². The van der Waals surface area contributed by atoms with Crippen LogP contribution in [0.15, 0.2) is 16.5 Å². The van der Waals surface area contributed by atoms with Crippen molar-refractivity contribution < 1.29 is 19.1 Å². The Balaban J connectivity index is 2.56. The summed E-state index contributed by atoms with van der Waals surface area (Å²) in [5.74, 6) is -0.0516. The van der Waals surface area contributed by atoms with Crippen LogP contribution in [-0.4, -0.2) is 17.4 Å². The Morgan fingerprint density at radius 1 is 1.64 bits per heavy atom. The van der Waals surface area contributed by atoms with E-state index in [0.29, 0.717) is 18.5 Å². The van der Waals surface area contributed by atoms with Crippen LogP contribution in [0, 0.1) is 12.8 Å². The highest BCUT2D eigenvalue weighted by atomic mass is 16.4. The van der Waals surface area contributed by atoms with Crippen LogP contribution in [0.4, 0.5) is 0 Å². The smallest absolute Gasteiger partial charge is 0.304 e. The summed E-state index contributed by atoms with van der Waals surface area (Å²) in [6, 6.07) is 3.55. The van der Waals surface area contributed by atoms with Crippen LogP contribution in [0.5, 0.6) is 0 Å². The normalized spacial score (nSPS) is 12.4. The van der Waals surface area contributed by atoms with E-state index in [9.17, 15) is 9.59 Å². The number of furan rings is 1. The second kappa shape index (κ2) is 4.60. The number of carboxylic acid groups (broad SMARTS) is 1. The highest BCUT2D eigenvalue weighted by Gasteiger charge is 2.14. The van der Waals surface area contributed by atoms with Gasteiger partial charge in [0.2, 0.25) is 0 Å². The zero-order valence-corrected chi connectivity index (χ0v) is 7.90. The van der Waals surface area contributed by atoms with Gasteiger partial charge in [-0.2, -0.15) is 0 Å². The minimum atomic E-state index is -0.967. The molecule has 1 unspecified atom stereocenters. The molecule has 14 heavy (non-hydrogen) atoms. The van der Waals surface area contributed by atoms with E-state index in [0.717, 1.165) is 5.76 Å². The average Bonchev–Trinajstić information content (AvgIpc) is 2.49. The monoisotopic (exact) mass is 196 g/mol. The third kappa shape index (κ3) is 3.05. The van der Waals surface area contributed by atoms with Gasteiger partial charge in [-0.15, -0.1) is 0 Å². The average molecular weight is 196 g/mol. The minimum absolute atomic E-state index is 0.150. The standard InChI is InChI=1S/C10H12O4/c1-7-2-3-9(14-7)4-8(6-11)5-10(12)13/h2-3,6,8H,4-5H2,1H3,(H,12,13). The third-order valence-corrected chi connectivity index (χ3v) is 1.89. The Bertz CT molecular complexity index is 327. The Morgan fingerprint density at radius 3 is 2.79 bits per heavy atom. The van der Waals surface area contributed by atoms with E-state index in [4.69, 9.17) is 9.52 Å². The molecule has 1 atom stereocenters. The van der Waals surface area contributed by atoms with Crippen molar-refractivity contribution in [2.24, 2.45) is 5.92 Å². The molecular formula is C10H12O4. The predicted octanol–water partition coefficient (Wildman–Crippen LogP) is 1.42. The van der Waals surface area contributed by atoms with Gasteiger partial charge in [0.15, 0.2) is 0 Å². The lowest BCUT2D eigenvalue weighted by Crippen LogP contribution is -2.11. The number of aldehydes is 1. The molecule has 4 nitrogen and oxygen atoms in total. The SMILES string of the molecule is Cc1ccc(CC(C=O)CC(=O)O)o1. The van der Waals surface area contributed by atoms with Crippen molar-refractivity contribution in [3.8, 4) is 0 Å². The third-order valence-electron chi connectivity index (χ3n) is 1.89. The number of hydrogen-bond donors (Lipinski definition) is 1. The van der Waals surface area contributed by atoms with E-state index in [-0.39, 0.29) is 6.42 Å². The van der Waals surface area contributed by atoms with E-state index in [1.807, 2.05) is 0 Å². The highest BCUT2D eigenvalue weighted by molar-refractivity contribution is 5.71. The molecule has 0 aliphatic rings. The van der Waals surface area contributed by atoms with Gasteiger partial charge in [-0.25, -0.2) is 0 Å². The van der Waals surface area contributed by atoms with Crippen molar-refractivity contribution in [1.82, 2.24) is 0 Å². The van der Waals surface area contributed by atoms with E-state index >= 15 is 0 Å². The lowest BCUT2D eigenvalue weighted by Gasteiger charge is -2.03. The second-order valence-corrected chi connectivity index (χ2v) is 3.21. The van der Waals surface area contributed by atoms with Crippen molar-refractivity contribution >= 4 is 12.3 Å². The maximum atomic E-state index is 10.5. The summed E-state index contributed by atoms with van der Waals surface area (Å²) < 4.78 is 5.25. The summed E-state index contributed by atoms with van der Waals surface area (Å²) in [6.45, 7) is 1.80. The summed E-state index contributed by atoms with van der Waals surface area (Å²) in [4.78, 5) is 20.9. The minimum Gasteiger partial charge on any atom is -0.481 e. The Kier molecular flexibility index (Phi) is 3.45. The summed E-state index contributed by atoms with van der Waals surface area (Å²) >= 11 is 0. The molecule has 0 spiro atoms. The molecule has 1 aromatic heterocycles. The molecule has 1 rings (SSSR count). The quantitative estimate of drug-likeness (QED) is 0.723. The van der Waals surface area contributed by atoms with Crippen LogP contribution in [-0.2, 0) is 16.0 Å². The van der Waals surface area contributed by atoms with Gasteiger partial charge in [-0.1, -0.05) is 0 Å². The van der Waals surface area contributed by atoms with Gasteiger partial charge in [-0.05, 0) is 19.1 Å². The fourth-order valence-electron chi connectivity index (χ4n) is 1.25. The Morgan fingerprint density at radius 2 is 2.36 bits per heavy atom. The van der Waals surface area contributed by atoms with E-state index in [2.05, 4.69) is 0 Å². The molecule has 1 aromatic rings. The van der Waals surface area contributed by atoms with Crippen molar-refractivity contribution in [1.29, 1.82) is 0 Å². The van der Waals surface area contributed by atoms with Gasteiger partial charge in [0.25, 0.3) is 0 Å². The maximum Gasteiger partial charge on any atom is 0.304 e. The molecule has 0 saturated carbocycles. The summed E-state index contributed by atoms with van der Waals surface area (Å²) in [5, 5.41) is 8.51. The van der Waals surface area contributed by atoms with E-state index < -0.39 is 11.9 Å². The summed E-state index contributed by atoms with van der Waals surface area (Å²) in [6.07, 6.45) is 0.860. The number of aliphatic carboxylic acids is 1. The molecule has 0 aliphatic heterocycles. The first-order chi connectivity index (χ1) is 6.61. The number of carbonyl (C=O) groups is 2. The number of carbonyl (C=O) groups excluding carboxylic acids is 1. The zero-order valence-electron chi connectivity index (χ0n) is 7.90. The van der Waals surface area contributed by atoms with Crippen molar-refractivity contribution in [3.63, 3.8) is 0 Å². The largest absolute Gasteiger partial charge is 0.481 e. The van der Waals surface area contributed by atoms with Crippen molar-refractivity contribution in [2.45, 2.75) is 19.8 Å². The maximum absolute atomic E-state index is 10.5. The predicted molar refractivity (Wildman–Crippen MR) is 49.0 cm³/mol. The zero-order chi connectivity index (χ0) is 10.6. The van der Waals surface area contributed by atoms with Crippen LogP contribution in [0.25, 0.3) is 0 Å². The highest BCUT2D eigenvalue weighted by Crippen LogP contribution is 2.13.